The van der Waals surface area contributed by atoms with E-state index in [0.29, 0.717) is 18.5 Å². The van der Waals surface area contributed by atoms with Crippen LogP contribution in [0.2, 0.25) is 0 Å². The van der Waals surface area contributed by atoms with Gasteiger partial charge in [0.2, 0.25) is 0 Å². The molecule has 3 rings (SSSR count). The highest BCUT2D eigenvalue weighted by atomic mass is 19.4. The molecule has 0 atom stereocenters. The molecular weight excluding hydrogens is 373 g/mol. The van der Waals surface area contributed by atoms with Crippen LogP contribution in [0.3, 0.4) is 0 Å². The Morgan fingerprint density at radius 1 is 1.18 bits per heavy atom. The van der Waals surface area contributed by atoms with Crippen LogP contribution in [0.15, 0.2) is 18.5 Å². The van der Waals surface area contributed by atoms with Crippen molar-refractivity contribution in [1.29, 1.82) is 5.26 Å². The van der Waals surface area contributed by atoms with E-state index < -0.39 is 11.9 Å². The van der Waals surface area contributed by atoms with E-state index in [0.717, 1.165) is 12.8 Å². The Kier molecular flexibility index (Phi) is 5.60. The molecule has 1 aliphatic rings. The van der Waals surface area contributed by atoms with Crippen molar-refractivity contribution in [2.75, 3.05) is 31.3 Å². The highest BCUT2D eigenvalue weighted by Gasteiger charge is 2.37. The van der Waals surface area contributed by atoms with Gasteiger partial charge in [-0.1, -0.05) is 0 Å². The zero-order valence-electron chi connectivity index (χ0n) is 15.3. The van der Waals surface area contributed by atoms with Crippen LogP contribution in [0, 0.1) is 17.2 Å². The summed E-state index contributed by atoms with van der Waals surface area (Å²) in [5.41, 5.74) is -1.07. The first-order valence-electron chi connectivity index (χ1n) is 8.60. The molecule has 2 aromatic rings. The summed E-state index contributed by atoms with van der Waals surface area (Å²) in [4.78, 5) is 9.91. The standard InChI is InChI=1S/C17H19F3N8/c1-28(2)12-3-10(4-12)7-23-13-5-14(26-27-16(13)17(18,19)20)25-15-9-22-11(6-21)8-24-15/h5,8-10,12H,3-4,7H2,1-2H3,(H2,23,24,25,26). The Labute approximate surface area is 159 Å². The number of nitrogens with one attached hydrogen (secondary N) is 2. The Morgan fingerprint density at radius 2 is 1.93 bits per heavy atom. The van der Waals surface area contributed by atoms with E-state index in [1.807, 2.05) is 20.2 Å². The van der Waals surface area contributed by atoms with E-state index in [1.54, 1.807) is 0 Å². The lowest BCUT2D eigenvalue weighted by atomic mass is 9.79. The summed E-state index contributed by atoms with van der Waals surface area (Å²) in [7, 11) is 3.99. The lowest BCUT2D eigenvalue weighted by molar-refractivity contribution is -0.141. The van der Waals surface area contributed by atoms with Crippen LogP contribution in [-0.2, 0) is 6.18 Å². The number of alkyl halides is 3. The third kappa shape index (κ3) is 4.64. The average Bonchev–Trinajstić information content (AvgIpc) is 2.60. The third-order valence-corrected chi connectivity index (χ3v) is 4.61. The van der Waals surface area contributed by atoms with Gasteiger partial charge in [-0.15, -0.1) is 10.2 Å². The highest BCUT2D eigenvalue weighted by Crippen LogP contribution is 2.35. The van der Waals surface area contributed by atoms with Gasteiger partial charge in [-0.05, 0) is 32.9 Å². The molecule has 1 aliphatic carbocycles. The molecule has 2 N–H and O–H groups in total. The molecular formula is C17H19F3N8. The molecule has 8 nitrogen and oxygen atoms in total. The summed E-state index contributed by atoms with van der Waals surface area (Å²) < 4.78 is 39.8. The molecule has 0 amide bonds. The molecule has 11 heteroatoms. The fourth-order valence-corrected chi connectivity index (χ4v) is 2.92. The van der Waals surface area contributed by atoms with Crippen molar-refractivity contribution in [2.45, 2.75) is 25.1 Å². The van der Waals surface area contributed by atoms with Crippen LogP contribution >= 0.6 is 0 Å². The number of nitrogens with zero attached hydrogens (tertiary/aromatic N) is 6. The molecule has 1 saturated carbocycles. The SMILES string of the molecule is CN(C)C1CC(CNc2cc(Nc3cnc(C#N)cn3)nnc2C(F)(F)F)C1. The van der Waals surface area contributed by atoms with Gasteiger partial charge in [-0.3, -0.25) is 0 Å². The van der Waals surface area contributed by atoms with Crippen LogP contribution in [-0.4, -0.2) is 51.7 Å². The minimum atomic E-state index is -4.62. The van der Waals surface area contributed by atoms with E-state index in [-0.39, 0.29) is 23.0 Å². The number of aromatic nitrogens is 4. The second-order valence-electron chi connectivity index (χ2n) is 6.85. The van der Waals surface area contributed by atoms with Gasteiger partial charge >= 0.3 is 6.18 Å². The van der Waals surface area contributed by atoms with Crippen molar-refractivity contribution in [3.05, 3.63) is 29.8 Å². The summed E-state index contributed by atoms with van der Waals surface area (Å²) >= 11 is 0. The van der Waals surface area contributed by atoms with E-state index in [1.165, 1.54) is 18.5 Å². The monoisotopic (exact) mass is 392 g/mol. The Bertz CT molecular complexity index is 854. The van der Waals surface area contributed by atoms with Crippen LogP contribution in [0.25, 0.3) is 0 Å². The number of hydrogen-bond donors (Lipinski definition) is 2. The predicted octanol–water partition coefficient (Wildman–Crippen LogP) is 2.65. The zero-order valence-corrected chi connectivity index (χ0v) is 15.3. The van der Waals surface area contributed by atoms with Gasteiger partial charge in [0.05, 0.1) is 18.1 Å². The fraction of sp³-hybridized carbons (Fsp3) is 0.471. The topological polar surface area (TPSA) is 103 Å². The first-order chi connectivity index (χ1) is 13.3. The fourth-order valence-electron chi connectivity index (χ4n) is 2.92. The van der Waals surface area contributed by atoms with E-state index in [2.05, 4.69) is 35.7 Å². The van der Waals surface area contributed by atoms with Gasteiger partial charge in [0.25, 0.3) is 0 Å². The first-order valence-corrected chi connectivity index (χ1v) is 8.60. The normalized spacial score (nSPS) is 19.0. The van der Waals surface area contributed by atoms with E-state index in [4.69, 9.17) is 5.26 Å². The Hall–Kier alpha value is -3.00. The van der Waals surface area contributed by atoms with Gasteiger partial charge in [-0.2, -0.15) is 18.4 Å². The number of nitriles is 1. The van der Waals surface area contributed by atoms with Crippen LogP contribution in [0.4, 0.5) is 30.5 Å². The predicted molar refractivity (Wildman–Crippen MR) is 95.8 cm³/mol. The second-order valence-corrected chi connectivity index (χ2v) is 6.85. The number of halogens is 3. The average molecular weight is 392 g/mol. The maximum atomic E-state index is 13.3. The highest BCUT2D eigenvalue weighted by molar-refractivity contribution is 5.60. The molecule has 0 bridgehead atoms. The van der Waals surface area contributed by atoms with Gasteiger partial charge < -0.3 is 15.5 Å². The maximum absolute atomic E-state index is 13.3. The molecule has 0 saturated heterocycles. The molecule has 0 unspecified atom stereocenters. The van der Waals surface area contributed by atoms with Crippen molar-refractivity contribution >= 4 is 17.3 Å². The molecule has 28 heavy (non-hydrogen) atoms. The van der Waals surface area contributed by atoms with Crippen molar-refractivity contribution < 1.29 is 13.2 Å². The van der Waals surface area contributed by atoms with Gasteiger partial charge in [0.15, 0.2) is 17.2 Å². The maximum Gasteiger partial charge on any atom is 0.437 e. The number of hydrogen-bond acceptors (Lipinski definition) is 8. The molecule has 0 radical (unpaired) electrons. The molecule has 0 aromatic carbocycles. The molecule has 2 aromatic heterocycles. The minimum Gasteiger partial charge on any atom is -0.383 e. The van der Waals surface area contributed by atoms with Gasteiger partial charge in [0.1, 0.15) is 11.9 Å². The summed E-state index contributed by atoms with van der Waals surface area (Å²) in [5.74, 6) is 0.642. The quantitative estimate of drug-likeness (QED) is 0.774. The lowest BCUT2D eigenvalue weighted by Crippen LogP contribution is -2.42. The molecule has 2 heterocycles. The van der Waals surface area contributed by atoms with Crippen LogP contribution < -0.4 is 10.6 Å². The van der Waals surface area contributed by atoms with Crippen molar-refractivity contribution in [3.8, 4) is 6.07 Å². The molecule has 1 fully saturated rings. The van der Waals surface area contributed by atoms with Crippen LogP contribution in [0.1, 0.15) is 24.2 Å². The Balaban J connectivity index is 1.72. The minimum absolute atomic E-state index is 0.0919. The molecule has 0 spiro atoms. The summed E-state index contributed by atoms with van der Waals surface area (Å²) in [6.45, 7) is 0.426. The zero-order chi connectivity index (χ0) is 20.3. The van der Waals surface area contributed by atoms with E-state index >= 15 is 0 Å². The van der Waals surface area contributed by atoms with Crippen molar-refractivity contribution in [2.24, 2.45) is 5.92 Å². The summed E-state index contributed by atoms with van der Waals surface area (Å²) in [6, 6.07) is 3.55. The van der Waals surface area contributed by atoms with Crippen molar-refractivity contribution in [1.82, 2.24) is 25.1 Å². The summed E-state index contributed by atoms with van der Waals surface area (Å²) in [5, 5.41) is 21.2. The third-order valence-electron chi connectivity index (χ3n) is 4.61. The molecule has 0 aliphatic heterocycles. The number of rotatable bonds is 6. The van der Waals surface area contributed by atoms with Crippen LogP contribution in [0.5, 0.6) is 0 Å². The first kappa shape index (κ1) is 19.8. The molecule has 148 valence electrons. The smallest absolute Gasteiger partial charge is 0.383 e. The number of anilines is 3. The lowest BCUT2D eigenvalue weighted by Gasteiger charge is -2.39. The van der Waals surface area contributed by atoms with Gasteiger partial charge in [0, 0.05) is 18.7 Å². The van der Waals surface area contributed by atoms with Crippen molar-refractivity contribution in [3.63, 3.8) is 0 Å². The Morgan fingerprint density at radius 3 is 2.50 bits per heavy atom. The van der Waals surface area contributed by atoms with Gasteiger partial charge in [-0.25, -0.2) is 9.97 Å². The van der Waals surface area contributed by atoms with E-state index in [9.17, 15) is 13.2 Å². The largest absolute Gasteiger partial charge is 0.437 e. The second kappa shape index (κ2) is 7.93. The summed E-state index contributed by atoms with van der Waals surface area (Å²) in [6.07, 6.45) is -0.205.